The molecule has 0 aliphatic heterocycles. The molecular weight excluding hydrogens is 415 g/mol. The Bertz CT molecular complexity index is 1190. The van der Waals surface area contributed by atoms with Crippen LogP contribution in [0.3, 0.4) is 0 Å². The molecule has 1 N–H and O–H groups in total. The molecule has 0 radical (unpaired) electrons. The third-order valence-corrected chi connectivity index (χ3v) is 4.64. The Hall–Kier alpha value is -2.97. The molecule has 0 saturated carbocycles. The molecule has 10 heteroatoms. The first-order valence-electron chi connectivity index (χ1n) is 8.94. The summed E-state index contributed by atoms with van der Waals surface area (Å²) in [6.07, 6.45) is 1.42. The smallest absolute Gasteiger partial charge is 0.361 e. The normalized spacial score (nSPS) is 11.1. The molecular formula is C19H16Cl2N6O2. The standard InChI is InChI=1S/C19H16Cl2N6O2/c1-2-4-14-17(25-26-27(14)12-6-3-5-11(20)9-12)19(28)29-10-16-22-13-7-8-15(21)23-18(13)24-16/h3,5-9H,2,4,10H2,1H3,(H,22,23,24). The highest BCUT2D eigenvalue weighted by atomic mass is 35.5. The zero-order valence-corrected chi connectivity index (χ0v) is 16.9. The van der Waals surface area contributed by atoms with Crippen molar-refractivity contribution in [1.82, 2.24) is 29.9 Å². The number of aromatic nitrogens is 6. The van der Waals surface area contributed by atoms with Crippen LogP contribution >= 0.6 is 23.2 Å². The molecule has 148 valence electrons. The number of hydrogen-bond acceptors (Lipinski definition) is 6. The van der Waals surface area contributed by atoms with Gasteiger partial charge in [0.15, 0.2) is 11.3 Å². The van der Waals surface area contributed by atoms with Crippen molar-refractivity contribution in [2.24, 2.45) is 0 Å². The number of hydrogen-bond donors (Lipinski definition) is 1. The van der Waals surface area contributed by atoms with Gasteiger partial charge in [-0.25, -0.2) is 19.4 Å². The highest BCUT2D eigenvalue weighted by Crippen LogP contribution is 2.19. The Kier molecular flexibility index (Phi) is 5.46. The molecule has 8 nitrogen and oxygen atoms in total. The number of esters is 1. The van der Waals surface area contributed by atoms with E-state index in [-0.39, 0.29) is 12.3 Å². The zero-order valence-electron chi connectivity index (χ0n) is 15.4. The van der Waals surface area contributed by atoms with Gasteiger partial charge in [0.25, 0.3) is 0 Å². The van der Waals surface area contributed by atoms with Crippen LogP contribution in [-0.4, -0.2) is 35.9 Å². The lowest BCUT2D eigenvalue weighted by Gasteiger charge is -2.07. The van der Waals surface area contributed by atoms with E-state index in [0.29, 0.717) is 39.3 Å². The molecule has 0 aliphatic carbocycles. The van der Waals surface area contributed by atoms with Crippen molar-refractivity contribution in [3.8, 4) is 5.69 Å². The largest absolute Gasteiger partial charge is 0.453 e. The summed E-state index contributed by atoms with van der Waals surface area (Å²) in [7, 11) is 0. The van der Waals surface area contributed by atoms with Crippen LogP contribution in [0.25, 0.3) is 16.9 Å². The summed E-state index contributed by atoms with van der Waals surface area (Å²) in [5, 5.41) is 9.08. The van der Waals surface area contributed by atoms with E-state index in [1.54, 1.807) is 28.9 Å². The minimum atomic E-state index is -0.576. The highest BCUT2D eigenvalue weighted by molar-refractivity contribution is 6.30. The van der Waals surface area contributed by atoms with Crippen molar-refractivity contribution >= 4 is 40.3 Å². The SMILES string of the molecule is CCCc1c(C(=O)OCc2nc3nc(Cl)ccc3[nH]2)nnn1-c1cccc(Cl)c1. The van der Waals surface area contributed by atoms with Gasteiger partial charge in [-0.3, -0.25) is 0 Å². The quantitative estimate of drug-likeness (QED) is 0.364. The molecule has 0 spiro atoms. The topological polar surface area (TPSA) is 98.6 Å². The lowest BCUT2D eigenvalue weighted by atomic mass is 10.2. The van der Waals surface area contributed by atoms with Crippen molar-refractivity contribution in [3.63, 3.8) is 0 Å². The number of halogens is 2. The van der Waals surface area contributed by atoms with Gasteiger partial charge in [-0.2, -0.15) is 0 Å². The number of H-pyrrole nitrogens is 1. The summed E-state index contributed by atoms with van der Waals surface area (Å²) in [4.78, 5) is 24.1. The summed E-state index contributed by atoms with van der Waals surface area (Å²) >= 11 is 11.9. The van der Waals surface area contributed by atoms with E-state index < -0.39 is 5.97 Å². The van der Waals surface area contributed by atoms with Crippen LogP contribution in [-0.2, 0) is 17.8 Å². The predicted molar refractivity (Wildman–Crippen MR) is 108 cm³/mol. The number of ether oxygens (including phenoxy) is 1. The fourth-order valence-electron chi connectivity index (χ4n) is 2.93. The molecule has 29 heavy (non-hydrogen) atoms. The number of aromatic amines is 1. The van der Waals surface area contributed by atoms with E-state index in [4.69, 9.17) is 27.9 Å². The summed E-state index contributed by atoms with van der Waals surface area (Å²) in [6, 6.07) is 10.6. The van der Waals surface area contributed by atoms with Gasteiger partial charge in [-0.1, -0.05) is 47.8 Å². The lowest BCUT2D eigenvalue weighted by molar-refractivity contribution is 0.0455. The Morgan fingerprint density at radius 2 is 2.07 bits per heavy atom. The van der Waals surface area contributed by atoms with Crippen LogP contribution in [0.15, 0.2) is 36.4 Å². The van der Waals surface area contributed by atoms with Crippen molar-refractivity contribution < 1.29 is 9.53 Å². The van der Waals surface area contributed by atoms with Crippen molar-refractivity contribution in [2.45, 2.75) is 26.4 Å². The van der Waals surface area contributed by atoms with E-state index >= 15 is 0 Å². The maximum absolute atomic E-state index is 12.7. The van der Waals surface area contributed by atoms with Crippen molar-refractivity contribution in [3.05, 3.63) is 63.8 Å². The average molecular weight is 431 g/mol. The number of nitrogens with one attached hydrogen (secondary N) is 1. The second-order valence-corrected chi connectivity index (χ2v) is 7.11. The number of pyridine rings is 1. The molecule has 0 amide bonds. The van der Waals surface area contributed by atoms with Crippen LogP contribution < -0.4 is 0 Å². The van der Waals surface area contributed by atoms with Gasteiger partial charge in [-0.05, 0) is 36.8 Å². The molecule has 0 aliphatic rings. The van der Waals surface area contributed by atoms with E-state index in [2.05, 4.69) is 25.3 Å². The van der Waals surface area contributed by atoms with Crippen LogP contribution in [0.2, 0.25) is 10.2 Å². The van der Waals surface area contributed by atoms with Gasteiger partial charge >= 0.3 is 5.97 Å². The fraction of sp³-hybridized carbons (Fsp3) is 0.211. The predicted octanol–water partition coefficient (Wildman–Crippen LogP) is 4.15. The number of benzene rings is 1. The molecule has 4 rings (SSSR count). The van der Waals surface area contributed by atoms with Gasteiger partial charge in [0.05, 0.1) is 16.9 Å². The molecule has 0 saturated heterocycles. The Labute approximate surface area is 175 Å². The molecule has 0 atom stereocenters. The molecule has 3 aromatic heterocycles. The van der Waals surface area contributed by atoms with Crippen LogP contribution in [0.5, 0.6) is 0 Å². The molecule has 0 fully saturated rings. The molecule has 0 unspecified atom stereocenters. The van der Waals surface area contributed by atoms with Gasteiger partial charge in [0.2, 0.25) is 0 Å². The highest BCUT2D eigenvalue weighted by Gasteiger charge is 2.22. The third-order valence-electron chi connectivity index (χ3n) is 4.20. The number of nitrogens with zero attached hydrogens (tertiary/aromatic N) is 5. The molecule has 0 bridgehead atoms. The third kappa shape index (κ3) is 4.08. The van der Waals surface area contributed by atoms with E-state index in [9.17, 15) is 4.79 Å². The number of carbonyl (C=O) groups excluding carboxylic acids is 1. The second kappa shape index (κ2) is 8.18. The molecule has 3 heterocycles. The molecule has 4 aromatic rings. The fourth-order valence-corrected chi connectivity index (χ4v) is 3.25. The first-order valence-corrected chi connectivity index (χ1v) is 9.69. The number of carbonyl (C=O) groups is 1. The number of fused-ring (bicyclic) bond motifs is 1. The summed E-state index contributed by atoms with van der Waals surface area (Å²) in [6.45, 7) is 1.96. The van der Waals surface area contributed by atoms with Crippen LogP contribution in [0.4, 0.5) is 0 Å². The maximum atomic E-state index is 12.7. The Morgan fingerprint density at radius 1 is 1.21 bits per heavy atom. The lowest BCUT2D eigenvalue weighted by Crippen LogP contribution is -2.11. The first kappa shape index (κ1) is 19.4. The van der Waals surface area contributed by atoms with E-state index in [1.807, 2.05) is 19.1 Å². The number of rotatable bonds is 6. The number of imidazole rings is 1. The second-order valence-electron chi connectivity index (χ2n) is 6.29. The van der Waals surface area contributed by atoms with E-state index in [0.717, 1.165) is 12.1 Å². The average Bonchev–Trinajstić information content (AvgIpc) is 3.30. The summed E-state index contributed by atoms with van der Waals surface area (Å²) in [5.41, 5.74) is 2.73. The van der Waals surface area contributed by atoms with Crippen LogP contribution in [0.1, 0.15) is 35.4 Å². The maximum Gasteiger partial charge on any atom is 0.361 e. The van der Waals surface area contributed by atoms with E-state index in [1.165, 1.54) is 0 Å². The van der Waals surface area contributed by atoms with Gasteiger partial charge < -0.3 is 9.72 Å². The van der Waals surface area contributed by atoms with Gasteiger partial charge in [-0.15, -0.1) is 5.10 Å². The Morgan fingerprint density at radius 3 is 2.86 bits per heavy atom. The van der Waals surface area contributed by atoms with Gasteiger partial charge in [0, 0.05) is 5.02 Å². The van der Waals surface area contributed by atoms with Gasteiger partial charge in [0.1, 0.15) is 17.6 Å². The van der Waals surface area contributed by atoms with Crippen molar-refractivity contribution in [2.75, 3.05) is 0 Å². The minimum Gasteiger partial charge on any atom is -0.453 e. The summed E-state index contributed by atoms with van der Waals surface area (Å²) in [5.74, 6) is -0.115. The summed E-state index contributed by atoms with van der Waals surface area (Å²) < 4.78 is 7.01. The van der Waals surface area contributed by atoms with Crippen molar-refractivity contribution in [1.29, 1.82) is 0 Å². The first-order chi connectivity index (χ1) is 14.0. The molecule has 1 aromatic carbocycles. The van der Waals surface area contributed by atoms with Crippen LogP contribution in [0, 0.1) is 0 Å². The Balaban J connectivity index is 1.56. The zero-order chi connectivity index (χ0) is 20.4. The monoisotopic (exact) mass is 430 g/mol. The minimum absolute atomic E-state index is 0.0532.